The molecule has 1 unspecified atom stereocenters. The summed E-state index contributed by atoms with van der Waals surface area (Å²) in [4.78, 5) is 0. The second-order valence-corrected chi connectivity index (χ2v) is 10.3. The number of halogens is 2. The molecule has 0 saturated carbocycles. The summed E-state index contributed by atoms with van der Waals surface area (Å²) in [6, 6.07) is 18.0. The van der Waals surface area contributed by atoms with Crippen molar-refractivity contribution in [2.75, 3.05) is 0 Å². The fourth-order valence-electron chi connectivity index (χ4n) is 5.07. The van der Waals surface area contributed by atoms with Crippen molar-refractivity contribution >= 4 is 14.5 Å². The standard InChI is InChI=1S/C26H27.2ClH.Hf/c1-16-17(2)25(26(5,6)19(16)4)22-14-10-13-21-18(3)23(15-24(21)22)20-11-8-7-9-12-20;;;/h7-14,18H,1-6H3;2*1H;/q;;;+2/p-2. The van der Waals surface area contributed by atoms with Crippen molar-refractivity contribution in [2.45, 2.75) is 47.5 Å². The van der Waals surface area contributed by atoms with Gasteiger partial charge in [-0.05, 0) is 0 Å². The second-order valence-electron chi connectivity index (χ2n) is 8.52. The molecule has 2 aromatic carbocycles. The van der Waals surface area contributed by atoms with E-state index >= 15 is 0 Å². The first-order valence-electron chi connectivity index (χ1n) is 9.81. The van der Waals surface area contributed by atoms with Crippen molar-refractivity contribution in [3.8, 4) is 0 Å². The SMILES string of the molecule is CC1=C(C)C(C)(C)C(c2cccc3c2[C]([Hf+2])=C(c2ccccc2)C3C)=C1C.[Cl-].[Cl-]. The van der Waals surface area contributed by atoms with Crippen molar-refractivity contribution in [3.63, 3.8) is 0 Å². The van der Waals surface area contributed by atoms with Crippen molar-refractivity contribution in [1.29, 1.82) is 0 Å². The van der Waals surface area contributed by atoms with Crippen LogP contribution in [-0.4, -0.2) is 0 Å². The summed E-state index contributed by atoms with van der Waals surface area (Å²) >= 11 is 1.07. The molecule has 149 valence electrons. The summed E-state index contributed by atoms with van der Waals surface area (Å²) in [7, 11) is 0. The first kappa shape index (κ1) is 24.4. The van der Waals surface area contributed by atoms with Gasteiger partial charge in [-0.1, -0.05) is 0 Å². The minimum atomic E-state index is 0. The van der Waals surface area contributed by atoms with Crippen LogP contribution < -0.4 is 24.8 Å². The number of hydrogen-bond acceptors (Lipinski definition) is 0. The first-order valence-corrected chi connectivity index (χ1v) is 11.6. The molecule has 0 saturated heterocycles. The fourth-order valence-corrected chi connectivity index (χ4v) is 7.37. The van der Waals surface area contributed by atoms with E-state index in [0.29, 0.717) is 5.92 Å². The third kappa shape index (κ3) is 3.58. The molecule has 0 radical (unpaired) electrons. The largest absolute Gasteiger partial charge is 1.00 e. The zero-order chi connectivity index (χ0) is 19.5. The van der Waals surface area contributed by atoms with Crippen LogP contribution in [0.25, 0.3) is 14.5 Å². The van der Waals surface area contributed by atoms with Crippen LogP contribution >= 0.6 is 0 Å². The second kappa shape index (κ2) is 8.69. The van der Waals surface area contributed by atoms with Gasteiger partial charge in [0.25, 0.3) is 0 Å². The molecule has 0 fully saturated rings. The zero-order valence-electron chi connectivity index (χ0n) is 18.0. The molecule has 0 aromatic heterocycles. The Morgan fingerprint density at radius 1 is 0.828 bits per heavy atom. The van der Waals surface area contributed by atoms with Crippen LogP contribution in [0.15, 0.2) is 65.3 Å². The van der Waals surface area contributed by atoms with E-state index in [0.717, 1.165) is 24.4 Å². The van der Waals surface area contributed by atoms with Gasteiger partial charge in [0, 0.05) is 0 Å². The van der Waals surface area contributed by atoms with Crippen LogP contribution in [-0.2, 0) is 24.4 Å². The third-order valence-corrected chi connectivity index (χ3v) is 8.80. The van der Waals surface area contributed by atoms with Gasteiger partial charge in [0.05, 0.1) is 0 Å². The Kier molecular flexibility index (Phi) is 7.31. The van der Waals surface area contributed by atoms with E-state index in [-0.39, 0.29) is 30.2 Å². The Bertz CT molecular complexity index is 1040. The maximum Gasteiger partial charge on any atom is -1.00 e. The molecule has 2 aliphatic carbocycles. The Morgan fingerprint density at radius 2 is 1.45 bits per heavy atom. The van der Waals surface area contributed by atoms with Gasteiger partial charge in [-0.3, -0.25) is 0 Å². The van der Waals surface area contributed by atoms with Gasteiger partial charge in [-0.25, -0.2) is 0 Å². The molecule has 2 aromatic rings. The van der Waals surface area contributed by atoms with E-state index < -0.39 is 0 Å². The smallest absolute Gasteiger partial charge is 1.00 e. The van der Waals surface area contributed by atoms with Gasteiger partial charge in [-0.2, -0.15) is 0 Å². The van der Waals surface area contributed by atoms with Crippen LogP contribution in [0.4, 0.5) is 0 Å². The predicted molar refractivity (Wildman–Crippen MR) is 113 cm³/mol. The molecule has 2 aliphatic rings. The first-order chi connectivity index (χ1) is 12.8. The van der Waals surface area contributed by atoms with Gasteiger partial charge >= 0.3 is 179 Å². The van der Waals surface area contributed by atoms with E-state index in [1.54, 1.807) is 8.90 Å². The molecule has 0 amide bonds. The molecule has 1 atom stereocenters. The van der Waals surface area contributed by atoms with Gasteiger partial charge in [-0.15, -0.1) is 0 Å². The number of benzene rings is 2. The monoisotopic (exact) mass is 589 g/mol. The summed E-state index contributed by atoms with van der Waals surface area (Å²) < 4.78 is 1.58. The van der Waals surface area contributed by atoms with Crippen molar-refractivity contribution in [3.05, 3.63) is 87.5 Å². The number of hydrogen-bond donors (Lipinski definition) is 0. The normalized spacial score (nSPS) is 19.9. The Hall–Kier alpha value is -0.890. The van der Waals surface area contributed by atoms with E-state index in [1.807, 2.05) is 0 Å². The average Bonchev–Trinajstić information content (AvgIpc) is 2.99. The van der Waals surface area contributed by atoms with Crippen molar-refractivity contribution in [2.24, 2.45) is 5.41 Å². The summed E-state index contributed by atoms with van der Waals surface area (Å²) in [5.74, 6) is 0.468. The zero-order valence-corrected chi connectivity index (χ0v) is 23.1. The van der Waals surface area contributed by atoms with Crippen molar-refractivity contribution in [1.82, 2.24) is 0 Å². The minimum absolute atomic E-state index is 0. The summed E-state index contributed by atoms with van der Waals surface area (Å²) in [5.41, 5.74) is 13.5. The maximum atomic E-state index is 2.39. The molecule has 0 bridgehead atoms. The fraction of sp³-hybridized carbons (Fsp3) is 0.308. The van der Waals surface area contributed by atoms with Gasteiger partial charge in [0.1, 0.15) is 0 Å². The van der Waals surface area contributed by atoms with Crippen LogP contribution in [0.3, 0.4) is 0 Å². The molecule has 0 N–H and O–H groups in total. The number of rotatable bonds is 2. The summed E-state index contributed by atoms with van der Waals surface area (Å²) in [5, 5.41) is 0. The minimum Gasteiger partial charge on any atom is -1.00 e. The van der Waals surface area contributed by atoms with E-state index in [4.69, 9.17) is 0 Å². The quantitative estimate of drug-likeness (QED) is 0.466. The van der Waals surface area contributed by atoms with Crippen LogP contribution in [0.5, 0.6) is 0 Å². The molecule has 0 nitrogen and oxygen atoms in total. The Labute approximate surface area is 203 Å². The van der Waals surface area contributed by atoms with Crippen molar-refractivity contribution < 1.29 is 49.2 Å². The van der Waals surface area contributed by atoms with Crippen LogP contribution in [0, 0.1) is 5.41 Å². The van der Waals surface area contributed by atoms with Gasteiger partial charge in [0.15, 0.2) is 0 Å². The van der Waals surface area contributed by atoms with E-state index in [1.165, 1.54) is 44.5 Å². The molecule has 0 heterocycles. The topological polar surface area (TPSA) is 0 Å². The predicted octanol–water partition coefficient (Wildman–Crippen LogP) is 1.38. The van der Waals surface area contributed by atoms with Gasteiger partial charge in [0.2, 0.25) is 0 Å². The summed E-state index contributed by atoms with van der Waals surface area (Å²) in [6.45, 7) is 14.1. The molecule has 3 heteroatoms. The maximum absolute atomic E-state index is 2.39. The number of fused-ring (bicyclic) bond motifs is 1. The Balaban J connectivity index is 0.00000150. The molecule has 4 rings (SSSR count). The number of allylic oxidation sites excluding steroid dienone is 5. The third-order valence-electron chi connectivity index (χ3n) is 6.93. The Morgan fingerprint density at radius 3 is 2.00 bits per heavy atom. The molecule has 0 aliphatic heterocycles. The average molecular weight is 589 g/mol. The van der Waals surface area contributed by atoms with Crippen LogP contribution in [0.2, 0.25) is 0 Å². The molecular weight excluding hydrogens is 562 g/mol. The van der Waals surface area contributed by atoms with Gasteiger partial charge < -0.3 is 24.8 Å². The molecule has 29 heavy (non-hydrogen) atoms. The van der Waals surface area contributed by atoms with E-state index in [9.17, 15) is 0 Å². The van der Waals surface area contributed by atoms with E-state index in [2.05, 4.69) is 90.1 Å². The molecular formula is C26H27Cl2Hf. The molecule has 0 spiro atoms. The summed E-state index contributed by atoms with van der Waals surface area (Å²) in [6.07, 6.45) is 0. The van der Waals surface area contributed by atoms with Crippen LogP contribution in [0.1, 0.15) is 69.7 Å².